The van der Waals surface area contributed by atoms with Gasteiger partial charge in [-0.05, 0) is 32.4 Å². The molecule has 0 saturated carbocycles. The molecule has 1 N–H and O–H groups in total. The van der Waals surface area contributed by atoms with Gasteiger partial charge in [0.25, 0.3) is 5.91 Å². The third-order valence-electron chi connectivity index (χ3n) is 2.52. The maximum atomic E-state index is 12.0. The fourth-order valence-corrected chi connectivity index (χ4v) is 1.64. The second-order valence-corrected chi connectivity index (χ2v) is 3.87. The van der Waals surface area contributed by atoms with E-state index in [1.54, 1.807) is 6.07 Å². The highest BCUT2D eigenvalue weighted by Crippen LogP contribution is 2.06. The van der Waals surface area contributed by atoms with Gasteiger partial charge in [0, 0.05) is 18.8 Å². The largest absolute Gasteiger partial charge is 0.351 e. The summed E-state index contributed by atoms with van der Waals surface area (Å²) in [6.07, 6.45) is -0.382. The number of carbonyl (C=O) groups excluding carboxylic acids is 1. The van der Waals surface area contributed by atoms with E-state index in [1.807, 2.05) is 39.0 Å². The second kappa shape index (κ2) is 7.84. The topological polar surface area (TPSA) is 47.6 Å². The molecule has 4 nitrogen and oxygen atoms in total. The van der Waals surface area contributed by atoms with Gasteiger partial charge in [0.15, 0.2) is 6.29 Å². The predicted molar refractivity (Wildman–Crippen MR) is 70.6 cm³/mol. The van der Waals surface area contributed by atoms with Crippen molar-refractivity contribution in [3.63, 3.8) is 0 Å². The van der Waals surface area contributed by atoms with Gasteiger partial charge in [-0.15, -0.1) is 0 Å². The van der Waals surface area contributed by atoms with E-state index in [1.165, 1.54) is 0 Å². The molecule has 1 aromatic carbocycles. The minimum Gasteiger partial charge on any atom is -0.351 e. The Morgan fingerprint density at radius 2 is 1.83 bits per heavy atom. The van der Waals surface area contributed by atoms with Crippen LogP contribution in [0.1, 0.15) is 29.8 Å². The fraction of sp³-hybridized carbons (Fsp3) is 0.500. The van der Waals surface area contributed by atoms with Gasteiger partial charge >= 0.3 is 0 Å². The van der Waals surface area contributed by atoms with E-state index >= 15 is 0 Å². The van der Waals surface area contributed by atoms with Crippen molar-refractivity contribution < 1.29 is 14.3 Å². The number of nitrogens with one attached hydrogen (secondary N) is 1. The van der Waals surface area contributed by atoms with Gasteiger partial charge in [-0.1, -0.05) is 18.2 Å². The molecule has 1 rings (SSSR count). The van der Waals surface area contributed by atoms with Crippen molar-refractivity contribution in [2.75, 3.05) is 19.8 Å². The molecule has 0 aliphatic rings. The molecule has 1 aromatic rings. The minimum absolute atomic E-state index is 0.0995. The lowest BCUT2D eigenvalue weighted by atomic mass is 10.1. The van der Waals surface area contributed by atoms with E-state index in [0.717, 1.165) is 5.56 Å². The van der Waals surface area contributed by atoms with E-state index in [4.69, 9.17) is 9.47 Å². The molecule has 0 aliphatic carbocycles. The fourth-order valence-electron chi connectivity index (χ4n) is 1.64. The summed E-state index contributed by atoms with van der Waals surface area (Å²) in [5, 5.41) is 2.82. The molecule has 0 unspecified atom stereocenters. The molecular formula is C14H21NO3. The lowest BCUT2D eigenvalue weighted by Gasteiger charge is -2.17. The van der Waals surface area contributed by atoms with Gasteiger partial charge in [0.05, 0.1) is 6.54 Å². The quantitative estimate of drug-likeness (QED) is 0.755. The van der Waals surface area contributed by atoms with Crippen LogP contribution in [0.3, 0.4) is 0 Å². The van der Waals surface area contributed by atoms with Crippen LogP contribution in [0.5, 0.6) is 0 Å². The zero-order valence-electron chi connectivity index (χ0n) is 11.2. The summed E-state index contributed by atoms with van der Waals surface area (Å²) in [5.74, 6) is -0.0995. The summed E-state index contributed by atoms with van der Waals surface area (Å²) < 4.78 is 10.7. The Morgan fingerprint density at radius 1 is 1.22 bits per heavy atom. The van der Waals surface area contributed by atoms with Crippen LogP contribution in [0.4, 0.5) is 0 Å². The first kappa shape index (κ1) is 14.7. The predicted octanol–water partition coefficient (Wildman–Crippen LogP) is 2.12. The Morgan fingerprint density at radius 3 is 2.39 bits per heavy atom. The summed E-state index contributed by atoms with van der Waals surface area (Å²) in [6, 6.07) is 7.48. The normalized spacial score (nSPS) is 10.7. The standard InChI is InChI=1S/C14H21NO3/c1-4-17-13(18-5-2)10-15-14(16)12-9-7-6-8-11(12)3/h6-9,13H,4-5,10H2,1-3H3,(H,15,16). The van der Waals surface area contributed by atoms with Crippen LogP contribution in [0.15, 0.2) is 24.3 Å². The number of ether oxygens (including phenoxy) is 2. The maximum Gasteiger partial charge on any atom is 0.251 e. The lowest BCUT2D eigenvalue weighted by molar-refractivity contribution is -0.131. The molecule has 0 bridgehead atoms. The lowest BCUT2D eigenvalue weighted by Crippen LogP contribution is -2.35. The van der Waals surface area contributed by atoms with Crippen molar-refractivity contribution in [3.8, 4) is 0 Å². The first-order chi connectivity index (χ1) is 8.69. The van der Waals surface area contributed by atoms with Gasteiger partial charge in [0.1, 0.15) is 0 Å². The van der Waals surface area contributed by atoms with Crippen molar-refractivity contribution in [1.82, 2.24) is 5.32 Å². The molecule has 0 saturated heterocycles. The number of aryl methyl sites for hydroxylation is 1. The third kappa shape index (κ3) is 4.47. The average Bonchev–Trinajstić information content (AvgIpc) is 2.36. The van der Waals surface area contributed by atoms with Crippen LogP contribution < -0.4 is 5.32 Å². The van der Waals surface area contributed by atoms with Crippen LogP contribution in [-0.2, 0) is 9.47 Å². The zero-order valence-corrected chi connectivity index (χ0v) is 11.2. The van der Waals surface area contributed by atoms with Crippen LogP contribution in [0, 0.1) is 6.92 Å². The van der Waals surface area contributed by atoms with Crippen molar-refractivity contribution in [2.24, 2.45) is 0 Å². The summed E-state index contributed by atoms with van der Waals surface area (Å²) >= 11 is 0. The zero-order chi connectivity index (χ0) is 13.4. The molecule has 0 atom stereocenters. The van der Waals surface area contributed by atoms with Crippen LogP contribution in [0.25, 0.3) is 0 Å². The molecule has 1 amide bonds. The van der Waals surface area contributed by atoms with Crippen molar-refractivity contribution in [2.45, 2.75) is 27.1 Å². The SMILES string of the molecule is CCOC(CNC(=O)c1ccccc1C)OCC. The summed E-state index contributed by atoms with van der Waals surface area (Å²) in [5.41, 5.74) is 1.64. The Balaban J connectivity index is 2.52. The van der Waals surface area contributed by atoms with Gasteiger partial charge in [-0.2, -0.15) is 0 Å². The van der Waals surface area contributed by atoms with Crippen molar-refractivity contribution >= 4 is 5.91 Å². The minimum atomic E-state index is -0.382. The van der Waals surface area contributed by atoms with Crippen LogP contribution in [-0.4, -0.2) is 32.0 Å². The third-order valence-corrected chi connectivity index (χ3v) is 2.52. The van der Waals surface area contributed by atoms with E-state index in [0.29, 0.717) is 25.3 Å². The monoisotopic (exact) mass is 251 g/mol. The second-order valence-electron chi connectivity index (χ2n) is 3.87. The highest BCUT2D eigenvalue weighted by Gasteiger charge is 2.12. The average molecular weight is 251 g/mol. The van der Waals surface area contributed by atoms with Gasteiger partial charge in [0.2, 0.25) is 0 Å². The number of rotatable bonds is 7. The van der Waals surface area contributed by atoms with Crippen LogP contribution >= 0.6 is 0 Å². The Kier molecular flexibility index (Phi) is 6.39. The van der Waals surface area contributed by atoms with Crippen molar-refractivity contribution in [1.29, 1.82) is 0 Å². The molecular weight excluding hydrogens is 230 g/mol. The Bertz CT molecular complexity index is 373. The van der Waals surface area contributed by atoms with E-state index in [-0.39, 0.29) is 12.2 Å². The molecule has 100 valence electrons. The van der Waals surface area contributed by atoms with Gasteiger partial charge in [-0.3, -0.25) is 4.79 Å². The highest BCUT2D eigenvalue weighted by atomic mass is 16.7. The smallest absolute Gasteiger partial charge is 0.251 e. The van der Waals surface area contributed by atoms with E-state index < -0.39 is 0 Å². The van der Waals surface area contributed by atoms with Gasteiger partial charge in [-0.25, -0.2) is 0 Å². The molecule has 0 radical (unpaired) electrons. The first-order valence-electron chi connectivity index (χ1n) is 6.26. The summed E-state index contributed by atoms with van der Waals surface area (Å²) in [7, 11) is 0. The first-order valence-corrected chi connectivity index (χ1v) is 6.26. The van der Waals surface area contributed by atoms with Crippen LogP contribution in [0.2, 0.25) is 0 Å². The van der Waals surface area contributed by atoms with E-state index in [2.05, 4.69) is 5.32 Å². The Hall–Kier alpha value is -1.39. The number of amides is 1. The number of hydrogen-bond donors (Lipinski definition) is 1. The number of carbonyl (C=O) groups is 1. The summed E-state index contributed by atoms with van der Waals surface area (Å²) in [4.78, 5) is 12.0. The molecule has 0 aliphatic heterocycles. The molecule has 18 heavy (non-hydrogen) atoms. The molecule has 0 spiro atoms. The molecule has 0 aromatic heterocycles. The number of benzene rings is 1. The molecule has 4 heteroatoms. The van der Waals surface area contributed by atoms with Gasteiger partial charge < -0.3 is 14.8 Å². The maximum absolute atomic E-state index is 12.0. The Labute approximate surface area is 108 Å². The summed E-state index contributed by atoms with van der Waals surface area (Å²) in [6.45, 7) is 7.19. The molecule has 0 heterocycles. The number of hydrogen-bond acceptors (Lipinski definition) is 3. The highest BCUT2D eigenvalue weighted by molar-refractivity contribution is 5.95. The van der Waals surface area contributed by atoms with Crippen molar-refractivity contribution in [3.05, 3.63) is 35.4 Å². The molecule has 0 fully saturated rings. The van der Waals surface area contributed by atoms with E-state index in [9.17, 15) is 4.79 Å².